The van der Waals surface area contributed by atoms with Crippen LogP contribution >= 0.6 is 0 Å². The first-order valence-corrected chi connectivity index (χ1v) is 9.26. The van der Waals surface area contributed by atoms with Gasteiger partial charge in [-0.25, -0.2) is 0 Å². The fourth-order valence-electron chi connectivity index (χ4n) is 3.11. The van der Waals surface area contributed by atoms with Crippen molar-refractivity contribution in [1.29, 1.82) is 0 Å². The van der Waals surface area contributed by atoms with Gasteiger partial charge in [0, 0.05) is 12.0 Å². The number of aliphatic hydroxyl groups is 1. The van der Waals surface area contributed by atoms with Gasteiger partial charge in [-0.1, -0.05) is 77.9 Å². The molecular weight excluding hydrogens is 322 g/mol. The minimum Gasteiger partial charge on any atom is -0.507 e. The lowest BCUT2D eigenvalue weighted by atomic mass is 9.77. The number of aliphatic hydroxyl groups excluding tert-OH is 1. The highest BCUT2D eigenvalue weighted by atomic mass is 16.3. The van der Waals surface area contributed by atoms with Crippen LogP contribution in [0.5, 0.6) is 5.75 Å². The minimum absolute atomic E-state index is 0.0768. The summed E-state index contributed by atoms with van der Waals surface area (Å²) >= 11 is 0. The summed E-state index contributed by atoms with van der Waals surface area (Å²) in [6, 6.07) is 13.2. The van der Waals surface area contributed by atoms with Crippen LogP contribution in [0.3, 0.4) is 0 Å². The fraction of sp³-hybridized carbons (Fsp3) is 0.478. The maximum Gasteiger partial charge on any atom is 0.124 e. The first-order valence-electron chi connectivity index (χ1n) is 9.26. The third kappa shape index (κ3) is 4.66. The van der Waals surface area contributed by atoms with Gasteiger partial charge in [-0.3, -0.25) is 0 Å². The van der Waals surface area contributed by atoms with Crippen LogP contribution < -0.4 is 5.73 Å². The van der Waals surface area contributed by atoms with Crippen molar-refractivity contribution < 1.29 is 10.2 Å². The van der Waals surface area contributed by atoms with E-state index >= 15 is 0 Å². The molecule has 0 heterocycles. The molecule has 0 aliphatic rings. The molecule has 0 aliphatic heterocycles. The zero-order chi connectivity index (χ0) is 19.7. The van der Waals surface area contributed by atoms with Crippen molar-refractivity contribution in [2.24, 2.45) is 5.73 Å². The molecule has 0 bridgehead atoms. The van der Waals surface area contributed by atoms with E-state index < -0.39 is 12.1 Å². The predicted molar refractivity (Wildman–Crippen MR) is 109 cm³/mol. The standard InChI is InChI=1S/C23H33NO2/c1-22(2,3)16-13-17(21(26)18(14-16)23(4,5)6)20(24)19(25)12-15-10-8-7-9-11-15/h7-11,13-14,19-20,25-26H,12,24H2,1-6H3/t19-,20+/m1/s1. The molecule has 2 aromatic carbocycles. The van der Waals surface area contributed by atoms with Gasteiger partial charge >= 0.3 is 0 Å². The van der Waals surface area contributed by atoms with Crippen LogP contribution in [0, 0.1) is 0 Å². The molecule has 0 saturated heterocycles. The molecule has 3 nitrogen and oxygen atoms in total. The number of rotatable bonds is 4. The van der Waals surface area contributed by atoms with E-state index in [2.05, 4.69) is 47.6 Å². The van der Waals surface area contributed by atoms with Crippen molar-refractivity contribution in [3.05, 3.63) is 64.7 Å². The van der Waals surface area contributed by atoms with Crippen LogP contribution in [0.15, 0.2) is 42.5 Å². The highest BCUT2D eigenvalue weighted by Crippen LogP contribution is 2.40. The summed E-state index contributed by atoms with van der Waals surface area (Å²) in [7, 11) is 0. The monoisotopic (exact) mass is 355 g/mol. The Morgan fingerprint density at radius 1 is 0.923 bits per heavy atom. The van der Waals surface area contributed by atoms with Gasteiger partial charge in [0.15, 0.2) is 0 Å². The van der Waals surface area contributed by atoms with Crippen LogP contribution in [0.4, 0.5) is 0 Å². The number of nitrogens with two attached hydrogens (primary N) is 1. The lowest BCUT2D eigenvalue weighted by Crippen LogP contribution is -2.29. The summed E-state index contributed by atoms with van der Waals surface area (Å²) in [5.41, 5.74) is 9.72. The summed E-state index contributed by atoms with van der Waals surface area (Å²) < 4.78 is 0. The molecule has 0 radical (unpaired) electrons. The molecule has 0 aliphatic carbocycles. The summed E-state index contributed by atoms with van der Waals surface area (Å²) in [5, 5.41) is 21.6. The van der Waals surface area contributed by atoms with Crippen LogP contribution in [0.2, 0.25) is 0 Å². The van der Waals surface area contributed by atoms with Gasteiger partial charge in [0.25, 0.3) is 0 Å². The molecule has 0 fully saturated rings. The Morgan fingerprint density at radius 3 is 2.00 bits per heavy atom. The van der Waals surface area contributed by atoms with Gasteiger partial charge < -0.3 is 15.9 Å². The molecule has 0 unspecified atom stereocenters. The molecule has 0 spiro atoms. The second kappa shape index (κ2) is 7.42. The average molecular weight is 356 g/mol. The molecule has 2 atom stereocenters. The minimum atomic E-state index is -0.772. The third-order valence-corrected chi connectivity index (χ3v) is 4.87. The molecule has 2 rings (SSSR count). The van der Waals surface area contributed by atoms with Crippen LogP contribution in [-0.4, -0.2) is 16.3 Å². The van der Waals surface area contributed by atoms with E-state index in [9.17, 15) is 10.2 Å². The van der Waals surface area contributed by atoms with Crippen molar-refractivity contribution in [3.63, 3.8) is 0 Å². The van der Waals surface area contributed by atoms with Gasteiger partial charge in [0.1, 0.15) is 5.75 Å². The Bertz CT molecular complexity index is 739. The number of aromatic hydroxyl groups is 1. The normalized spacial score (nSPS) is 14.9. The second-order valence-electron chi connectivity index (χ2n) is 9.24. The molecule has 2 aromatic rings. The molecular formula is C23H33NO2. The van der Waals surface area contributed by atoms with Gasteiger partial charge in [-0.15, -0.1) is 0 Å². The summed E-state index contributed by atoms with van der Waals surface area (Å²) in [4.78, 5) is 0. The molecule has 3 heteroatoms. The Balaban J connectivity index is 2.46. The van der Waals surface area contributed by atoms with Crippen molar-refractivity contribution in [3.8, 4) is 5.75 Å². The number of phenols is 1. The van der Waals surface area contributed by atoms with Crippen LogP contribution in [-0.2, 0) is 17.3 Å². The molecule has 0 saturated carbocycles. The Kier molecular flexibility index (Phi) is 5.84. The Morgan fingerprint density at radius 2 is 1.50 bits per heavy atom. The first-order chi connectivity index (χ1) is 11.9. The van der Waals surface area contributed by atoms with Gasteiger partial charge in [0.2, 0.25) is 0 Å². The summed E-state index contributed by atoms with van der Waals surface area (Å²) in [5.74, 6) is 0.199. The molecule has 0 amide bonds. The van der Waals surface area contributed by atoms with E-state index in [4.69, 9.17) is 5.73 Å². The fourth-order valence-corrected chi connectivity index (χ4v) is 3.11. The van der Waals surface area contributed by atoms with Gasteiger partial charge in [0.05, 0.1) is 12.1 Å². The highest BCUT2D eigenvalue weighted by Gasteiger charge is 2.29. The topological polar surface area (TPSA) is 66.5 Å². The van der Waals surface area contributed by atoms with Crippen molar-refractivity contribution in [1.82, 2.24) is 0 Å². The van der Waals surface area contributed by atoms with Gasteiger partial charge in [-0.05, 0) is 33.6 Å². The smallest absolute Gasteiger partial charge is 0.124 e. The van der Waals surface area contributed by atoms with E-state index in [1.54, 1.807) is 0 Å². The molecule has 4 N–H and O–H groups in total. The number of benzene rings is 2. The summed E-state index contributed by atoms with van der Waals surface area (Å²) in [6.45, 7) is 12.6. The SMILES string of the molecule is CC(C)(C)c1cc([C@H](N)[C@H](O)Cc2ccccc2)c(O)c(C(C)(C)C)c1. The largest absolute Gasteiger partial charge is 0.507 e. The Labute approximate surface area is 157 Å². The number of hydrogen-bond acceptors (Lipinski definition) is 3. The summed E-state index contributed by atoms with van der Waals surface area (Å²) in [6.07, 6.45) is -0.321. The van der Waals surface area contributed by atoms with E-state index in [0.717, 1.165) is 16.7 Å². The second-order valence-corrected chi connectivity index (χ2v) is 9.24. The Hall–Kier alpha value is -1.84. The number of hydrogen-bond donors (Lipinski definition) is 3. The predicted octanol–water partition coefficient (Wildman–Crippen LogP) is 4.59. The zero-order valence-electron chi connectivity index (χ0n) is 16.9. The van der Waals surface area contributed by atoms with Crippen molar-refractivity contribution in [2.75, 3.05) is 0 Å². The third-order valence-electron chi connectivity index (χ3n) is 4.87. The van der Waals surface area contributed by atoms with E-state index in [1.807, 2.05) is 36.4 Å². The van der Waals surface area contributed by atoms with E-state index in [0.29, 0.717) is 12.0 Å². The molecule has 142 valence electrons. The lowest BCUT2D eigenvalue weighted by molar-refractivity contribution is 0.143. The highest BCUT2D eigenvalue weighted by molar-refractivity contribution is 5.50. The maximum absolute atomic E-state index is 10.9. The van der Waals surface area contributed by atoms with Gasteiger partial charge in [-0.2, -0.15) is 0 Å². The van der Waals surface area contributed by atoms with Crippen molar-refractivity contribution >= 4 is 0 Å². The molecule has 0 aromatic heterocycles. The van der Waals surface area contributed by atoms with Crippen molar-refractivity contribution in [2.45, 2.75) is 70.9 Å². The maximum atomic E-state index is 10.9. The average Bonchev–Trinajstić information content (AvgIpc) is 2.53. The van der Waals surface area contributed by atoms with E-state index in [1.165, 1.54) is 0 Å². The zero-order valence-corrected chi connectivity index (χ0v) is 16.9. The first kappa shape index (κ1) is 20.5. The van der Waals surface area contributed by atoms with E-state index in [-0.39, 0.29) is 16.6 Å². The molecule has 26 heavy (non-hydrogen) atoms. The van der Waals surface area contributed by atoms with Crippen LogP contribution in [0.1, 0.15) is 69.8 Å². The van der Waals surface area contributed by atoms with Crippen LogP contribution in [0.25, 0.3) is 0 Å². The quantitative estimate of drug-likeness (QED) is 0.751. The lowest BCUT2D eigenvalue weighted by Gasteiger charge is -2.30. The number of phenolic OH excluding ortho intramolecular Hbond substituents is 1.